The number of ether oxygens (including phenoxy) is 1. The number of nitrogens with one attached hydrogen (secondary N) is 1. The van der Waals surface area contributed by atoms with E-state index in [0.29, 0.717) is 16.5 Å². The van der Waals surface area contributed by atoms with Crippen LogP contribution in [0.25, 0.3) is 5.69 Å². The lowest BCUT2D eigenvalue weighted by Crippen LogP contribution is -2.25. The monoisotopic (exact) mass is 370 g/mol. The molecule has 0 fully saturated rings. The molecule has 3 rings (SSSR count). The number of benzene rings is 2. The van der Waals surface area contributed by atoms with Crippen LogP contribution in [0.5, 0.6) is 5.75 Å². The Labute approximate surface area is 154 Å². The molecular formula is C17H15ClN6O2. The first-order valence-corrected chi connectivity index (χ1v) is 8.05. The second-order valence-electron chi connectivity index (χ2n) is 5.26. The highest BCUT2D eigenvalue weighted by Crippen LogP contribution is 2.22. The van der Waals surface area contributed by atoms with Crippen LogP contribution in [-0.2, 0) is 4.79 Å². The number of hydrogen-bond donors (Lipinski definition) is 1. The number of aromatic nitrogens is 4. The van der Waals surface area contributed by atoms with Gasteiger partial charge in [0.15, 0.2) is 6.61 Å². The van der Waals surface area contributed by atoms with Crippen molar-refractivity contribution in [1.29, 1.82) is 0 Å². The maximum absolute atomic E-state index is 11.9. The van der Waals surface area contributed by atoms with Crippen molar-refractivity contribution < 1.29 is 9.53 Å². The Balaban J connectivity index is 1.60. The van der Waals surface area contributed by atoms with Crippen LogP contribution in [0, 0.1) is 0 Å². The molecule has 1 N–H and O–H groups in total. The largest absolute Gasteiger partial charge is 0.482 e. The molecule has 0 unspecified atom stereocenters. The first-order chi connectivity index (χ1) is 12.6. The van der Waals surface area contributed by atoms with Crippen LogP contribution in [0.3, 0.4) is 0 Å². The molecule has 0 aliphatic rings. The summed E-state index contributed by atoms with van der Waals surface area (Å²) < 4.78 is 6.90. The number of hydrogen-bond acceptors (Lipinski definition) is 6. The Hall–Kier alpha value is -3.26. The highest BCUT2D eigenvalue weighted by atomic mass is 35.5. The zero-order valence-corrected chi connectivity index (χ0v) is 14.6. The maximum atomic E-state index is 11.9. The number of tetrazole rings is 1. The third-order valence-electron chi connectivity index (χ3n) is 3.42. The van der Waals surface area contributed by atoms with E-state index in [1.54, 1.807) is 31.2 Å². The van der Waals surface area contributed by atoms with E-state index >= 15 is 0 Å². The molecule has 1 aromatic heterocycles. The average Bonchev–Trinajstić information content (AvgIpc) is 3.20. The lowest BCUT2D eigenvalue weighted by atomic mass is 10.1. The zero-order valence-electron chi connectivity index (χ0n) is 13.8. The van der Waals surface area contributed by atoms with E-state index in [9.17, 15) is 4.79 Å². The van der Waals surface area contributed by atoms with Gasteiger partial charge in [0.2, 0.25) is 0 Å². The fraction of sp³-hybridized carbons (Fsp3) is 0.118. The van der Waals surface area contributed by atoms with Crippen molar-refractivity contribution in [1.82, 2.24) is 25.6 Å². The number of rotatable bonds is 6. The van der Waals surface area contributed by atoms with Crippen LogP contribution >= 0.6 is 11.6 Å². The predicted molar refractivity (Wildman–Crippen MR) is 96.5 cm³/mol. The van der Waals surface area contributed by atoms with E-state index in [2.05, 4.69) is 26.1 Å². The van der Waals surface area contributed by atoms with E-state index in [1.807, 2.05) is 24.3 Å². The smallest absolute Gasteiger partial charge is 0.277 e. The Morgan fingerprint density at radius 1 is 1.27 bits per heavy atom. The molecule has 0 saturated carbocycles. The summed E-state index contributed by atoms with van der Waals surface area (Å²) in [7, 11) is 0. The minimum absolute atomic E-state index is 0.189. The summed E-state index contributed by atoms with van der Waals surface area (Å²) in [5, 5.41) is 15.6. The van der Waals surface area contributed by atoms with Gasteiger partial charge in [-0.3, -0.25) is 4.79 Å². The van der Waals surface area contributed by atoms with E-state index in [4.69, 9.17) is 16.3 Å². The fourth-order valence-corrected chi connectivity index (χ4v) is 2.29. The van der Waals surface area contributed by atoms with Gasteiger partial charge in [-0.1, -0.05) is 35.9 Å². The number of para-hydroxylation sites is 1. The lowest BCUT2D eigenvalue weighted by Gasteiger charge is -2.07. The van der Waals surface area contributed by atoms with Gasteiger partial charge in [-0.25, -0.2) is 10.1 Å². The SMILES string of the molecule is C/C(=N/NC(=O)COc1ccccc1Cl)c1cccc(-n2cnnn2)c1. The normalized spacial score (nSPS) is 11.2. The highest BCUT2D eigenvalue weighted by Gasteiger charge is 2.06. The predicted octanol–water partition coefficient (Wildman–Crippen LogP) is 2.23. The maximum Gasteiger partial charge on any atom is 0.277 e. The Morgan fingerprint density at radius 2 is 2.12 bits per heavy atom. The standard InChI is InChI=1S/C17H15ClN6O2/c1-12(13-5-4-6-14(9-13)24-11-19-22-23-24)20-21-17(25)10-26-16-8-3-2-7-15(16)18/h2-9,11H,10H2,1H3,(H,21,25)/b20-12-. The summed E-state index contributed by atoms with van der Waals surface area (Å²) in [5.41, 5.74) is 4.70. The van der Waals surface area contributed by atoms with Crippen molar-refractivity contribution >= 4 is 23.2 Å². The first kappa shape index (κ1) is 17.6. The minimum Gasteiger partial charge on any atom is -0.482 e. The van der Waals surface area contributed by atoms with Gasteiger partial charge in [0.25, 0.3) is 5.91 Å². The van der Waals surface area contributed by atoms with Crippen molar-refractivity contribution in [2.75, 3.05) is 6.61 Å². The molecule has 0 atom stereocenters. The van der Waals surface area contributed by atoms with Crippen molar-refractivity contribution in [3.63, 3.8) is 0 Å². The first-order valence-electron chi connectivity index (χ1n) is 7.68. The number of carbonyl (C=O) groups excluding carboxylic acids is 1. The van der Waals surface area contributed by atoms with Crippen LogP contribution in [0.1, 0.15) is 12.5 Å². The number of nitrogens with zero attached hydrogens (tertiary/aromatic N) is 5. The van der Waals surface area contributed by atoms with Crippen LogP contribution in [-0.4, -0.2) is 38.4 Å². The summed E-state index contributed by atoms with van der Waals surface area (Å²) in [6.07, 6.45) is 1.50. The van der Waals surface area contributed by atoms with Crippen molar-refractivity contribution in [3.8, 4) is 11.4 Å². The fourth-order valence-electron chi connectivity index (χ4n) is 2.10. The third kappa shape index (κ3) is 4.42. The Morgan fingerprint density at radius 3 is 2.88 bits per heavy atom. The molecular weight excluding hydrogens is 356 g/mol. The van der Waals surface area contributed by atoms with Crippen molar-refractivity contribution in [2.24, 2.45) is 5.10 Å². The van der Waals surface area contributed by atoms with Gasteiger partial charge in [-0.05, 0) is 47.2 Å². The van der Waals surface area contributed by atoms with Gasteiger partial charge in [0.1, 0.15) is 12.1 Å². The van der Waals surface area contributed by atoms with Gasteiger partial charge in [-0.2, -0.15) is 5.10 Å². The molecule has 0 bridgehead atoms. The van der Waals surface area contributed by atoms with Crippen molar-refractivity contribution in [2.45, 2.75) is 6.92 Å². The molecule has 26 heavy (non-hydrogen) atoms. The summed E-state index contributed by atoms with van der Waals surface area (Å²) in [6, 6.07) is 14.4. The van der Waals surface area contributed by atoms with Gasteiger partial charge in [0, 0.05) is 0 Å². The molecule has 1 heterocycles. The number of carbonyl (C=O) groups is 1. The Kier molecular flexibility index (Phi) is 5.55. The molecule has 0 aliphatic carbocycles. The topological polar surface area (TPSA) is 94.3 Å². The lowest BCUT2D eigenvalue weighted by molar-refractivity contribution is -0.123. The highest BCUT2D eigenvalue weighted by molar-refractivity contribution is 6.32. The van der Waals surface area contributed by atoms with Gasteiger partial charge in [0.05, 0.1) is 16.4 Å². The second kappa shape index (κ2) is 8.21. The summed E-state index contributed by atoms with van der Waals surface area (Å²) in [5.74, 6) is 0.0556. The molecule has 0 aliphatic heterocycles. The molecule has 0 spiro atoms. The number of hydrazone groups is 1. The molecule has 132 valence electrons. The number of halogens is 1. The molecule has 8 nitrogen and oxygen atoms in total. The summed E-state index contributed by atoms with van der Waals surface area (Å²) >= 11 is 5.97. The summed E-state index contributed by atoms with van der Waals surface area (Å²) in [4.78, 5) is 11.9. The average molecular weight is 371 g/mol. The van der Waals surface area contributed by atoms with E-state index in [0.717, 1.165) is 11.3 Å². The molecule has 0 saturated heterocycles. The van der Waals surface area contributed by atoms with Crippen molar-refractivity contribution in [3.05, 3.63) is 65.4 Å². The van der Waals surface area contributed by atoms with Gasteiger partial charge < -0.3 is 4.74 Å². The molecule has 9 heteroatoms. The van der Waals surface area contributed by atoms with Crippen LogP contribution < -0.4 is 10.2 Å². The second-order valence-corrected chi connectivity index (χ2v) is 5.66. The number of amides is 1. The minimum atomic E-state index is -0.388. The zero-order chi connectivity index (χ0) is 18.4. The van der Waals surface area contributed by atoms with E-state index in [1.165, 1.54) is 11.0 Å². The van der Waals surface area contributed by atoms with Crippen LogP contribution in [0.4, 0.5) is 0 Å². The van der Waals surface area contributed by atoms with Crippen LogP contribution in [0.15, 0.2) is 60.0 Å². The molecule has 1 amide bonds. The molecule has 2 aromatic carbocycles. The molecule has 3 aromatic rings. The molecule has 0 radical (unpaired) electrons. The van der Waals surface area contributed by atoms with Gasteiger partial charge >= 0.3 is 0 Å². The van der Waals surface area contributed by atoms with E-state index in [-0.39, 0.29) is 12.5 Å². The third-order valence-corrected chi connectivity index (χ3v) is 3.73. The van der Waals surface area contributed by atoms with Crippen LogP contribution in [0.2, 0.25) is 5.02 Å². The van der Waals surface area contributed by atoms with E-state index < -0.39 is 0 Å². The summed E-state index contributed by atoms with van der Waals surface area (Å²) in [6.45, 7) is 1.60. The Bertz CT molecular complexity index is 927. The van der Waals surface area contributed by atoms with Gasteiger partial charge in [-0.15, -0.1) is 5.10 Å². The quantitative estimate of drug-likeness (QED) is 0.530.